The van der Waals surface area contributed by atoms with Crippen LogP contribution in [0.3, 0.4) is 0 Å². The number of carbonyl (C=O) groups is 1. The van der Waals surface area contributed by atoms with Gasteiger partial charge in [0, 0.05) is 6.20 Å². The summed E-state index contributed by atoms with van der Waals surface area (Å²) in [4.78, 5) is 16.7. The Morgan fingerprint density at radius 3 is 2.54 bits per heavy atom. The van der Waals surface area contributed by atoms with E-state index in [-0.39, 0.29) is 17.9 Å². The number of carbonyl (C=O) groups excluding carboxylic acids is 1. The van der Waals surface area contributed by atoms with Crippen LogP contribution in [0.4, 0.5) is 0 Å². The Morgan fingerprint density at radius 2 is 1.88 bits per heavy atom. The van der Waals surface area contributed by atoms with Crippen LogP contribution in [0.5, 0.6) is 0 Å². The van der Waals surface area contributed by atoms with Gasteiger partial charge in [0.25, 0.3) is 11.6 Å². The van der Waals surface area contributed by atoms with E-state index in [1.165, 1.54) is 11.8 Å². The highest BCUT2D eigenvalue weighted by molar-refractivity contribution is 5.97. The van der Waals surface area contributed by atoms with Crippen LogP contribution in [-0.2, 0) is 0 Å². The summed E-state index contributed by atoms with van der Waals surface area (Å²) in [6.07, 6.45) is 1.52. The van der Waals surface area contributed by atoms with Crippen molar-refractivity contribution in [3.05, 3.63) is 58.9 Å². The standard InChI is InChI=1S/C19H21N3O2/c1-11(2)17-16-9-15(10-20-19(16)24-22-17)18(23)21-13(4)14-7-5-12(3)6-8-14/h5-11,13H,1-4H3,(H,21,23). The molecule has 0 aliphatic carbocycles. The van der Waals surface area contributed by atoms with E-state index < -0.39 is 0 Å². The van der Waals surface area contributed by atoms with Crippen molar-refractivity contribution in [2.45, 2.75) is 39.7 Å². The van der Waals surface area contributed by atoms with Gasteiger partial charge in [-0.3, -0.25) is 4.79 Å². The van der Waals surface area contributed by atoms with E-state index in [0.29, 0.717) is 11.3 Å². The van der Waals surface area contributed by atoms with Gasteiger partial charge in [0.15, 0.2) is 0 Å². The maximum absolute atomic E-state index is 12.5. The number of amides is 1. The van der Waals surface area contributed by atoms with Gasteiger partial charge in [-0.2, -0.15) is 0 Å². The van der Waals surface area contributed by atoms with Crippen LogP contribution < -0.4 is 5.32 Å². The third-order valence-electron chi connectivity index (χ3n) is 4.09. The Balaban J connectivity index is 1.83. The van der Waals surface area contributed by atoms with Crippen molar-refractivity contribution in [2.24, 2.45) is 0 Å². The fourth-order valence-corrected chi connectivity index (χ4v) is 2.61. The molecule has 24 heavy (non-hydrogen) atoms. The molecule has 1 N–H and O–H groups in total. The van der Waals surface area contributed by atoms with Gasteiger partial charge in [-0.15, -0.1) is 0 Å². The minimum Gasteiger partial charge on any atom is -0.345 e. The van der Waals surface area contributed by atoms with Crippen molar-refractivity contribution in [1.29, 1.82) is 0 Å². The lowest BCUT2D eigenvalue weighted by atomic mass is 10.0. The zero-order valence-corrected chi connectivity index (χ0v) is 14.3. The van der Waals surface area contributed by atoms with Crippen LogP contribution >= 0.6 is 0 Å². The number of nitrogens with one attached hydrogen (secondary N) is 1. The Hall–Kier alpha value is -2.69. The van der Waals surface area contributed by atoms with E-state index >= 15 is 0 Å². The summed E-state index contributed by atoms with van der Waals surface area (Å²) in [6, 6.07) is 9.85. The van der Waals surface area contributed by atoms with Gasteiger partial charge in [-0.05, 0) is 31.4 Å². The number of fused-ring (bicyclic) bond motifs is 1. The van der Waals surface area contributed by atoms with Gasteiger partial charge < -0.3 is 9.84 Å². The fourth-order valence-electron chi connectivity index (χ4n) is 2.61. The van der Waals surface area contributed by atoms with Gasteiger partial charge in [-0.1, -0.05) is 48.8 Å². The summed E-state index contributed by atoms with van der Waals surface area (Å²) in [5.41, 5.74) is 4.04. The van der Waals surface area contributed by atoms with E-state index in [0.717, 1.165) is 16.6 Å². The quantitative estimate of drug-likeness (QED) is 0.783. The molecular formula is C19H21N3O2. The fraction of sp³-hybridized carbons (Fsp3) is 0.316. The Bertz CT molecular complexity index is 866. The summed E-state index contributed by atoms with van der Waals surface area (Å²) in [6.45, 7) is 8.07. The molecule has 2 heterocycles. The van der Waals surface area contributed by atoms with E-state index in [1.807, 2.05) is 52.0 Å². The molecule has 2 aromatic heterocycles. The molecule has 0 aliphatic heterocycles. The van der Waals surface area contributed by atoms with Crippen LogP contribution in [0.2, 0.25) is 0 Å². The monoisotopic (exact) mass is 323 g/mol. The lowest BCUT2D eigenvalue weighted by Crippen LogP contribution is -2.26. The number of aromatic nitrogens is 2. The predicted molar refractivity (Wildman–Crippen MR) is 93.0 cm³/mol. The lowest BCUT2D eigenvalue weighted by Gasteiger charge is -2.14. The Morgan fingerprint density at radius 1 is 1.17 bits per heavy atom. The second-order valence-electron chi connectivity index (χ2n) is 6.41. The van der Waals surface area contributed by atoms with Gasteiger partial charge in [0.05, 0.1) is 22.7 Å². The molecule has 0 bridgehead atoms. The summed E-state index contributed by atoms with van der Waals surface area (Å²) in [7, 11) is 0. The van der Waals surface area contributed by atoms with E-state index in [1.54, 1.807) is 6.07 Å². The normalized spacial score (nSPS) is 12.5. The molecule has 3 rings (SSSR count). The van der Waals surface area contributed by atoms with Crippen molar-refractivity contribution in [3.63, 3.8) is 0 Å². The summed E-state index contributed by atoms with van der Waals surface area (Å²) in [5.74, 6) is 0.0474. The van der Waals surface area contributed by atoms with E-state index in [2.05, 4.69) is 15.5 Å². The number of nitrogens with zero attached hydrogens (tertiary/aromatic N) is 2. The van der Waals surface area contributed by atoms with Crippen molar-refractivity contribution in [2.75, 3.05) is 0 Å². The molecule has 0 saturated heterocycles. The molecule has 0 spiro atoms. The largest absolute Gasteiger partial charge is 0.345 e. The second-order valence-corrected chi connectivity index (χ2v) is 6.41. The molecule has 0 aliphatic rings. The van der Waals surface area contributed by atoms with Crippen LogP contribution in [-0.4, -0.2) is 16.0 Å². The number of benzene rings is 1. The molecule has 1 aromatic carbocycles. The van der Waals surface area contributed by atoms with Crippen molar-refractivity contribution in [3.8, 4) is 0 Å². The lowest BCUT2D eigenvalue weighted by molar-refractivity contribution is 0.0939. The zero-order valence-electron chi connectivity index (χ0n) is 14.3. The molecule has 3 aromatic rings. The first-order chi connectivity index (χ1) is 11.5. The molecule has 124 valence electrons. The molecule has 0 saturated carbocycles. The molecule has 1 atom stereocenters. The summed E-state index contributed by atoms with van der Waals surface area (Å²) in [5, 5.41) is 7.84. The first kappa shape index (κ1) is 16.2. The highest BCUT2D eigenvalue weighted by Crippen LogP contribution is 2.24. The first-order valence-corrected chi connectivity index (χ1v) is 8.08. The van der Waals surface area contributed by atoms with Crippen LogP contribution in [0.15, 0.2) is 41.1 Å². The molecule has 0 fully saturated rings. The van der Waals surface area contributed by atoms with E-state index in [4.69, 9.17) is 4.52 Å². The minimum absolute atomic E-state index is 0.0826. The highest BCUT2D eigenvalue weighted by atomic mass is 16.5. The Labute approximate surface area is 141 Å². The first-order valence-electron chi connectivity index (χ1n) is 8.08. The van der Waals surface area contributed by atoms with Crippen molar-refractivity contribution >= 4 is 17.0 Å². The topological polar surface area (TPSA) is 68.0 Å². The van der Waals surface area contributed by atoms with E-state index in [9.17, 15) is 4.79 Å². The number of hydrogen-bond acceptors (Lipinski definition) is 4. The maximum atomic E-state index is 12.5. The molecule has 1 unspecified atom stereocenters. The average molecular weight is 323 g/mol. The van der Waals surface area contributed by atoms with Gasteiger partial charge in [0.1, 0.15) is 0 Å². The van der Waals surface area contributed by atoms with Crippen LogP contribution in [0, 0.1) is 6.92 Å². The summed E-state index contributed by atoms with van der Waals surface area (Å²) < 4.78 is 5.21. The zero-order chi connectivity index (χ0) is 17.3. The molecular weight excluding hydrogens is 302 g/mol. The Kier molecular flexibility index (Phi) is 4.34. The van der Waals surface area contributed by atoms with Crippen LogP contribution in [0.1, 0.15) is 59.9 Å². The van der Waals surface area contributed by atoms with Gasteiger partial charge in [-0.25, -0.2) is 4.98 Å². The number of rotatable bonds is 4. The van der Waals surface area contributed by atoms with Gasteiger partial charge >= 0.3 is 0 Å². The third-order valence-corrected chi connectivity index (χ3v) is 4.09. The molecule has 1 amide bonds. The van der Waals surface area contributed by atoms with Crippen LogP contribution in [0.25, 0.3) is 11.1 Å². The number of aryl methyl sites for hydroxylation is 1. The highest BCUT2D eigenvalue weighted by Gasteiger charge is 2.17. The second kappa shape index (κ2) is 6.43. The summed E-state index contributed by atoms with van der Waals surface area (Å²) >= 11 is 0. The minimum atomic E-state index is -0.159. The molecule has 5 heteroatoms. The smallest absolute Gasteiger partial charge is 0.257 e. The SMILES string of the molecule is Cc1ccc(C(C)NC(=O)c2cnc3onc(C(C)C)c3c2)cc1. The maximum Gasteiger partial charge on any atom is 0.257 e. The molecule has 0 radical (unpaired) electrons. The third kappa shape index (κ3) is 3.15. The molecule has 5 nitrogen and oxygen atoms in total. The number of pyridine rings is 1. The average Bonchev–Trinajstić information content (AvgIpc) is 2.98. The van der Waals surface area contributed by atoms with Crippen molar-refractivity contribution in [1.82, 2.24) is 15.5 Å². The van der Waals surface area contributed by atoms with Crippen molar-refractivity contribution < 1.29 is 9.32 Å². The predicted octanol–water partition coefficient (Wildman–Crippen LogP) is 4.15. The van der Waals surface area contributed by atoms with Gasteiger partial charge in [0.2, 0.25) is 0 Å². The number of hydrogen-bond donors (Lipinski definition) is 1.